The van der Waals surface area contributed by atoms with Gasteiger partial charge in [-0.2, -0.15) is 0 Å². The quantitative estimate of drug-likeness (QED) is 0.364. The van der Waals surface area contributed by atoms with E-state index >= 15 is 0 Å². The van der Waals surface area contributed by atoms with Gasteiger partial charge in [-0.1, -0.05) is 29.8 Å². The Bertz CT molecular complexity index is 1180. The van der Waals surface area contributed by atoms with Crippen LogP contribution in [-0.2, 0) is 14.8 Å². The van der Waals surface area contributed by atoms with Crippen molar-refractivity contribution in [3.05, 3.63) is 76.8 Å². The van der Waals surface area contributed by atoms with E-state index in [4.69, 9.17) is 23.8 Å². The standard InChI is InChI=1S/C19H15ClN4O3S3/c20-16-4-2-1-3-13(16)5-10-17(25)23-18(28)22-14-6-8-15(9-7-14)30(26,27)24-19-21-11-12-29-19/h1-12H,(H,21,24)(H2,22,23,25,28). The van der Waals surface area contributed by atoms with E-state index in [1.807, 2.05) is 6.07 Å². The molecule has 3 rings (SSSR count). The molecule has 30 heavy (non-hydrogen) atoms. The Kier molecular flexibility index (Phi) is 7.16. The van der Waals surface area contributed by atoms with E-state index in [9.17, 15) is 13.2 Å². The van der Waals surface area contributed by atoms with Gasteiger partial charge in [-0.25, -0.2) is 13.4 Å². The van der Waals surface area contributed by atoms with Gasteiger partial charge in [0.1, 0.15) is 0 Å². The predicted molar refractivity (Wildman–Crippen MR) is 124 cm³/mol. The molecule has 0 radical (unpaired) electrons. The Labute approximate surface area is 187 Å². The minimum atomic E-state index is -3.74. The fourth-order valence-electron chi connectivity index (χ4n) is 2.26. The lowest BCUT2D eigenvalue weighted by Gasteiger charge is -2.09. The molecule has 1 heterocycles. The lowest BCUT2D eigenvalue weighted by atomic mass is 10.2. The molecular weight excluding hydrogens is 464 g/mol. The highest BCUT2D eigenvalue weighted by Crippen LogP contribution is 2.19. The van der Waals surface area contributed by atoms with Crippen molar-refractivity contribution in [2.45, 2.75) is 4.90 Å². The third-order valence-electron chi connectivity index (χ3n) is 3.63. The van der Waals surface area contributed by atoms with Crippen LogP contribution in [0, 0.1) is 0 Å². The van der Waals surface area contributed by atoms with Crippen LogP contribution in [0.3, 0.4) is 0 Å². The lowest BCUT2D eigenvalue weighted by molar-refractivity contribution is -0.115. The third kappa shape index (κ3) is 6.10. The molecule has 0 atom stereocenters. The maximum atomic E-state index is 12.3. The maximum absolute atomic E-state index is 12.3. The summed E-state index contributed by atoms with van der Waals surface area (Å²) >= 11 is 12.3. The summed E-state index contributed by atoms with van der Waals surface area (Å²) in [5.41, 5.74) is 1.22. The number of nitrogens with zero attached hydrogens (tertiary/aromatic N) is 1. The molecule has 154 valence electrons. The second kappa shape index (κ2) is 9.81. The number of thiocarbonyl (C=S) groups is 1. The van der Waals surface area contributed by atoms with Crippen molar-refractivity contribution in [3.63, 3.8) is 0 Å². The molecule has 7 nitrogen and oxygen atoms in total. The number of halogens is 1. The minimum absolute atomic E-state index is 0.0697. The normalized spacial score (nSPS) is 11.2. The van der Waals surface area contributed by atoms with Crippen molar-refractivity contribution in [2.75, 3.05) is 10.0 Å². The van der Waals surface area contributed by atoms with Crippen molar-refractivity contribution in [1.29, 1.82) is 0 Å². The molecule has 11 heteroatoms. The average Bonchev–Trinajstić information content (AvgIpc) is 3.20. The average molecular weight is 479 g/mol. The molecular formula is C19H15ClN4O3S3. The van der Waals surface area contributed by atoms with Gasteiger partial charge in [0.05, 0.1) is 4.90 Å². The number of carbonyl (C=O) groups excluding carboxylic acids is 1. The number of benzene rings is 2. The smallest absolute Gasteiger partial charge is 0.263 e. The number of hydrogen-bond donors (Lipinski definition) is 3. The van der Waals surface area contributed by atoms with Crippen molar-refractivity contribution in [1.82, 2.24) is 10.3 Å². The number of carbonyl (C=O) groups is 1. The van der Waals surface area contributed by atoms with Crippen molar-refractivity contribution >= 4 is 73.1 Å². The van der Waals surface area contributed by atoms with Gasteiger partial charge < -0.3 is 5.32 Å². The van der Waals surface area contributed by atoms with E-state index in [-0.39, 0.29) is 15.1 Å². The zero-order chi connectivity index (χ0) is 21.6. The number of anilines is 2. The molecule has 0 spiro atoms. The zero-order valence-corrected chi connectivity index (χ0v) is 18.4. The summed E-state index contributed by atoms with van der Waals surface area (Å²) in [7, 11) is -3.74. The van der Waals surface area contributed by atoms with Gasteiger partial charge in [-0.15, -0.1) is 11.3 Å². The first-order valence-corrected chi connectivity index (χ1v) is 11.6. The monoisotopic (exact) mass is 478 g/mol. The zero-order valence-electron chi connectivity index (χ0n) is 15.2. The number of rotatable bonds is 6. The van der Waals surface area contributed by atoms with Gasteiger partial charge in [-0.3, -0.25) is 14.8 Å². The molecule has 0 saturated carbocycles. The van der Waals surface area contributed by atoms with Gasteiger partial charge in [0.15, 0.2) is 10.2 Å². The van der Waals surface area contributed by atoms with Crippen LogP contribution in [0.2, 0.25) is 5.02 Å². The highest BCUT2D eigenvalue weighted by atomic mass is 35.5. The van der Waals surface area contributed by atoms with Crippen LogP contribution in [0.1, 0.15) is 5.56 Å². The summed E-state index contributed by atoms with van der Waals surface area (Å²) in [6.07, 6.45) is 4.40. The first-order valence-electron chi connectivity index (χ1n) is 8.40. The van der Waals surface area contributed by atoms with Gasteiger partial charge >= 0.3 is 0 Å². The van der Waals surface area contributed by atoms with Crippen LogP contribution >= 0.6 is 35.2 Å². The molecule has 3 aromatic rings. The highest BCUT2D eigenvalue weighted by molar-refractivity contribution is 7.93. The van der Waals surface area contributed by atoms with E-state index < -0.39 is 15.9 Å². The highest BCUT2D eigenvalue weighted by Gasteiger charge is 2.15. The Morgan fingerprint density at radius 2 is 1.87 bits per heavy atom. The Hall–Kier alpha value is -2.79. The molecule has 0 bridgehead atoms. The molecule has 2 aromatic carbocycles. The van der Waals surface area contributed by atoms with Crippen LogP contribution in [-0.4, -0.2) is 24.4 Å². The second-order valence-corrected chi connectivity index (χ2v) is 9.16. The fourth-order valence-corrected chi connectivity index (χ4v) is 4.46. The van der Waals surface area contributed by atoms with E-state index in [1.165, 1.54) is 47.9 Å². The van der Waals surface area contributed by atoms with Crippen LogP contribution in [0.15, 0.2) is 71.1 Å². The summed E-state index contributed by atoms with van der Waals surface area (Å²) < 4.78 is 27.0. The number of amides is 1. The van der Waals surface area contributed by atoms with Gasteiger partial charge in [-0.05, 0) is 54.2 Å². The number of thiazole rings is 1. The number of aromatic nitrogens is 1. The molecule has 0 aliphatic rings. The maximum Gasteiger partial charge on any atom is 0.263 e. The summed E-state index contributed by atoms with van der Waals surface area (Å²) in [4.78, 5) is 16.0. The largest absolute Gasteiger partial charge is 0.332 e. The van der Waals surface area contributed by atoms with Gasteiger partial charge in [0, 0.05) is 28.4 Å². The van der Waals surface area contributed by atoms with Crippen molar-refractivity contribution in [2.24, 2.45) is 0 Å². The van der Waals surface area contributed by atoms with Gasteiger partial charge in [0.25, 0.3) is 10.0 Å². The lowest BCUT2D eigenvalue weighted by Crippen LogP contribution is -2.32. The Balaban J connectivity index is 1.56. The topological polar surface area (TPSA) is 100 Å². The molecule has 1 aromatic heterocycles. The summed E-state index contributed by atoms with van der Waals surface area (Å²) in [5.74, 6) is -0.431. The van der Waals surface area contributed by atoms with Crippen LogP contribution < -0.4 is 15.4 Å². The first-order chi connectivity index (χ1) is 14.3. The van der Waals surface area contributed by atoms with Gasteiger partial charge in [0.2, 0.25) is 5.91 Å². The Morgan fingerprint density at radius 1 is 1.13 bits per heavy atom. The molecule has 0 aliphatic carbocycles. The summed E-state index contributed by atoms with van der Waals surface area (Å²) in [6.45, 7) is 0. The SMILES string of the molecule is O=C(C=Cc1ccccc1Cl)NC(=S)Nc1ccc(S(=O)(=O)Nc2nccs2)cc1. The Morgan fingerprint density at radius 3 is 2.53 bits per heavy atom. The molecule has 0 saturated heterocycles. The molecule has 0 aliphatic heterocycles. The van der Waals surface area contributed by atoms with Crippen LogP contribution in [0.5, 0.6) is 0 Å². The molecule has 0 unspecified atom stereocenters. The minimum Gasteiger partial charge on any atom is -0.332 e. The number of hydrogen-bond acceptors (Lipinski definition) is 6. The second-order valence-electron chi connectivity index (χ2n) is 5.77. The fraction of sp³-hybridized carbons (Fsp3) is 0. The third-order valence-corrected chi connectivity index (χ3v) is 6.35. The number of sulfonamides is 1. The summed E-state index contributed by atoms with van der Waals surface area (Å²) in [5, 5.41) is 7.88. The van der Waals surface area contributed by atoms with E-state index in [2.05, 4.69) is 20.3 Å². The first kappa shape index (κ1) is 21.9. The van der Waals surface area contributed by atoms with Crippen molar-refractivity contribution < 1.29 is 13.2 Å². The van der Waals surface area contributed by atoms with E-state index in [0.717, 1.165) is 0 Å². The molecule has 0 fully saturated rings. The molecule has 3 N–H and O–H groups in total. The predicted octanol–water partition coefficient (Wildman–Crippen LogP) is 4.12. The summed E-state index contributed by atoms with van der Waals surface area (Å²) in [6, 6.07) is 13.0. The molecule has 1 amide bonds. The van der Waals surface area contributed by atoms with E-state index in [1.54, 1.807) is 29.7 Å². The van der Waals surface area contributed by atoms with Crippen LogP contribution in [0.25, 0.3) is 6.08 Å². The van der Waals surface area contributed by atoms with Crippen molar-refractivity contribution in [3.8, 4) is 0 Å². The van der Waals surface area contributed by atoms with Crippen LogP contribution in [0.4, 0.5) is 10.8 Å². The number of nitrogens with one attached hydrogen (secondary N) is 3. The van der Waals surface area contributed by atoms with E-state index in [0.29, 0.717) is 16.3 Å².